The number of aromatic nitrogens is 2. The maximum Gasteiger partial charge on any atom is 0.261 e. The third kappa shape index (κ3) is 2.69. The first-order chi connectivity index (χ1) is 10.2. The van der Waals surface area contributed by atoms with Crippen LogP contribution >= 0.6 is 11.3 Å². The summed E-state index contributed by atoms with van der Waals surface area (Å²) in [4.78, 5) is 20.6. The molecule has 3 aromatic rings. The molecule has 0 fully saturated rings. The Morgan fingerprint density at radius 3 is 3.00 bits per heavy atom. The molecule has 4 N–H and O–H groups in total. The van der Waals surface area contributed by atoms with Crippen molar-refractivity contribution in [2.75, 3.05) is 10.7 Å². The minimum atomic E-state index is -0.299. The lowest BCUT2D eigenvalue weighted by Gasteiger charge is -2.06. The molecule has 6 nitrogen and oxygen atoms in total. The smallest absolute Gasteiger partial charge is 0.261 e. The second-order valence-corrected chi connectivity index (χ2v) is 5.54. The predicted octanol–water partition coefficient (Wildman–Crippen LogP) is 2.54. The predicted molar refractivity (Wildman–Crippen MR) is 84.4 cm³/mol. The number of amides is 1. The number of hydrazine groups is 1. The van der Waals surface area contributed by atoms with Gasteiger partial charge in [0.05, 0.1) is 21.5 Å². The summed E-state index contributed by atoms with van der Waals surface area (Å²) in [6, 6.07) is 7.61. The van der Waals surface area contributed by atoms with E-state index >= 15 is 0 Å². The first kappa shape index (κ1) is 13.5. The van der Waals surface area contributed by atoms with Crippen LogP contribution in [0.25, 0.3) is 10.2 Å². The van der Waals surface area contributed by atoms with Gasteiger partial charge in [0.25, 0.3) is 5.91 Å². The summed E-state index contributed by atoms with van der Waals surface area (Å²) in [6.07, 6.45) is 3.02. The summed E-state index contributed by atoms with van der Waals surface area (Å²) < 4.78 is 1.04. The third-order valence-corrected chi connectivity index (χ3v) is 3.92. The average Bonchev–Trinajstić information content (AvgIpc) is 2.88. The fourth-order valence-corrected chi connectivity index (χ4v) is 2.91. The highest BCUT2D eigenvalue weighted by Crippen LogP contribution is 2.27. The Hall–Kier alpha value is -2.51. The number of anilines is 2. The van der Waals surface area contributed by atoms with E-state index in [4.69, 9.17) is 5.84 Å². The van der Waals surface area contributed by atoms with E-state index in [1.54, 1.807) is 12.3 Å². The molecule has 0 spiro atoms. The molecular weight excluding hydrogens is 286 g/mol. The van der Waals surface area contributed by atoms with Gasteiger partial charge < -0.3 is 5.43 Å². The topological polar surface area (TPSA) is 92.9 Å². The molecule has 0 aliphatic heterocycles. The van der Waals surface area contributed by atoms with Crippen LogP contribution in [0.2, 0.25) is 0 Å². The number of carbonyl (C=O) groups is 1. The minimum Gasteiger partial charge on any atom is -0.323 e. The molecule has 2 heterocycles. The summed E-state index contributed by atoms with van der Waals surface area (Å²) >= 11 is 1.43. The van der Waals surface area contributed by atoms with Crippen molar-refractivity contribution >= 4 is 38.3 Å². The number of thiazole rings is 1. The molecule has 7 heteroatoms. The van der Waals surface area contributed by atoms with Crippen LogP contribution in [0, 0.1) is 6.92 Å². The van der Waals surface area contributed by atoms with Crippen molar-refractivity contribution in [1.82, 2.24) is 9.97 Å². The molecule has 0 atom stereocenters. The van der Waals surface area contributed by atoms with Crippen molar-refractivity contribution in [3.8, 4) is 0 Å². The number of carbonyl (C=O) groups excluding carboxylic acids is 1. The summed E-state index contributed by atoms with van der Waals surface area (Å²) in [5, 5.41) is 3.32. The van der Waals surface area contributed by atoms with Crippen molar-refractivity contribution in [2.24, 2.45) is 5.84 Å². The Kier molecular flexibility index (Phi) is 3.51. The molecule has 0 saturated heterocycles. The Morgan fingerprint density at radius 2 is 2.19 bits per heavy atom. The van der Waals surface area contributed by atoms with Crippen LogP contribution in [-0.4, -0.2) is 15.9 Å². The SMILES string of the molecule is Cc1ccc2nc(NC(=O)c3cnccc3NN)sc2c1. The molecule has 0 aliphatic rings. The second kappa shape index (κ2) is 5.47. The Balaban J connectivity index is 1.89. The Bertz CT molecular complexity index is 814. The van der Waals surface area contributed by atoms with Crippen LogP contribution in [0.5, 0.6) is 0 Å². The van der Waals surface area contributed by atoms with Gasteiger partial charge in [-0.05, 0) is 30.7 Å². The van der Waals surface area contributed by atoms with Crippen molar-refractivity contribution < 1.29 is 4.79 Å². The van der Waals surface area contributed by atoms with Crippen molar-refractivity contribution in [3.63, 3.8) is 0 Å². The average molecular weight is 299 g/mol. The van der Waals surface area contributed by atoms with E-state index in [2.05, 4.69) is 20.7 Å². The lowest BCUT2D eigenvalue weighted by molar-refractivity contribution is 0.102. The molecule has 0 bridgehead atoms. The molecule has 21 heavy (non-hydrogen) atoms. The van der Waals surface area contributed by atoms with E-state index < -0.39 is 0 Å². The number of hydrogen-bond acceptors (Lipinski definition) is 6. The van der Waals surface area contributed by atoms with Gasteiger partial charge in [-0.3, -0.25) is 20.9 Å². The minimum absolute atomic E-state index is 0.299. The molecule has 0 aliphatic carbocycles. The molecule has 0 radical (unpaired) electrons. The van der Waals surface area contributed by atoms with Gasteiger partial charge in [0, 0.05) is 12.4 Å². The zero-order valence-electron chi connectivity index (χ0n) is 11.3. The number of hydrogen-bond donors (Lipinski definition) is 3. The number of nitrogens with zero attached hydrogens (tertiary/aromatic N) is 2. The number of aryl methyl sites for hydroxylation is 1. The number of rotatable bonds is 3. The monoisotopic (exact) mass is 299 g/mol. The molecule has 0 saturated carbocycles. The zero-order valence-corrected chi connectivity index (χ0v) is 12.1. The second-order valence-electron chi connectivity index (χ2n) is 4.51. The Morgan fingerprint density at radius 1 is 1.33 bits per heavy atom. The Labute approximate surface area is 125 Å². The largest absolute Gasteiger partial charge is 0.323 e. The number of benzene rings is 1. The van der Waals surface area contributed by atoms with Gasteiger partial charge >= 0.3 is 0 Å². The first-order valence-corrected chi connectivity index (χ1v) is 7.08. The number of nitrogens with one attached hydrogen (secondary N) is 2. The van der Waals surface area contributed by atoms with Crippen molar-refractivity contribution in [1.29, 1.82) is 0 Å². The van der Waals surface area contributed by atoms with Crippen LogP contribution in [0.15, 0.2) is 36.7 Å². The third-order valence-electron chi connectivity index (χ3n) is 2.99. The number of nitrogen functional groups attached to an aromatic ring is 1. The molecule has 1 amide bonds. The highest BCUT2D eigenvalue weighted by Gasteiger charge is 2.13. The summed E-state index contributed by atoms with van der Waals surface area (Å²) in [5.41, 5.74) is 5.39. The first-order valence-electron chi connectivity index (χ1n) is 6.26. The van der Waals surface area contributed by atoms with E-state index in [-0.39, 0.29) is 5.91 Å². The van der Waals surface area contributed by atoms with Gasteiger partial charge in [0.15, 0.2) is 5.13 Å². The molecule has 2 aromatic heterocycles. The van der Waals surface area contributed by atoms with Crippen LogP contribution in [-0.2, 0) is 0 Å². The van der Waals surface area contributed by atoms with Crippen molar-refractivity contribution in [2.45, 2.75) is 6.92 Å². The van der Waals surface area contributed by atoms with Gasteiger partial charge in [-0.2, -0.15) is 0 Å². The van der Waals surface area contributed by atoms with E-state index in [9.17, 15) is 4.79 Å². The maximum atomic E-state index is 12.3. The zero-order chi connectivity index (χ0) is 14.8. The maximum absolute atomic E-state index is 12.3. The van der Waals surface area contributed by atoms with Gasteiger partial charge in [-0.25, -0.2) is 4.98 Å². The van der Waals surface area contributed by atoms with E-state index in [0.717, 1.165) is 15.8 Å². The van der Waals surface area contributed by atoms with Gasteiger partial charge in [0.1, 0.15) is 0 Å². The fourth-order valence-electron chi connectivity index (χ4n) is 1.95. The lowest BCUT2D eigenvalue weighted by Crippen LogP contribution is -2.17. The van der Waals surface area contributed by atoms with E-state index in [1.807, 2.05) is 25.1 Å². The molecule has 3 rings (SSSR count). The van der Waals surface area contributed by atoms with E-state index in [0.29, 0.717) is 16.4 Å². The van der Waals surface area contributed by atoms with Gasteiger partial charge in [-0.15, -0.1) is 0 Å². The van der Waals surface area contributed by atoms with E-state index in [1.165, 1.54) is 17.5 Å². The quantitative estimate of drug-likeness (QED) is 0.510. The molecular formula is C14H13N5OS. The molecule has 1 aromatic carbocycles. The fraction of sp³-hybridized carbons (Fsp3) is 0.0714. The van der Waals surface area contributed by atoms with Crippen LogP contribution in [0.1, 0.15) is 15.9 Å². The van der Waals surface area contributed by atoms with Gasteiger partial charge in [-0.1, -0.05) is 17.4 Å². The highest BCUT2D eigenvalue weighted by atomic mass is 32.1. The number of fused-ring (bicyclic) bond motifs is 1. The van der Waals surface area contributed by atoms with Gasteiger partial charge in [0.2, 0.25) is 0 Å². The number of pyridine rings is 1. The lowest BCUT2D eigenvalue weighted by atomic mass is 10.2. The van der Waals surface area contributed by atoms with Crippen LogP contribution < -0.4 is 16.6 Å². The van der Waals surface area contributed by atoms with Crippen molar-refractivity contribution in [3.05, 3.63) is 47.8 Å². The van der Waals surface area contributed by atoms with Crippen LogP contribution in [0.3, 0.4) is 0 Å². The molecule has 0 unspecified atom stereocenters. The summed E-state index contributed by atoms with van der Waals surface area (Å²) in [5.74, 6) is 5.09. The number of nitrogens with two attached hydrogens (primary N) is 1. The standard InChI is InChI=1S/C14H13N5OS/c1-8-2-3-11-12(6-8)21-14(17-11)18-13(20)9-7-16-5-4-10(9)19-15/h2-7H,15H2,1H3,(H,16,19)(H,17,18,20). The normalized spacial score (nSPS) is 10.6. The highest BCUT2D eigenvalue weighted by molar-refractivity contribution is 7.22. The summed E-state index contributed by atoms with van der Waals surface area (Å²) in [7, 11) is 0. The van der Waals surface area contributed by atoms with Crippen LogP contribution in [0.4, 0.5) is 10.8 Å². The summed E-state index contributed by atoms with van der Waals surface area (Å²) in [6.45, 7) is 2.02. The molecule has 106 valence electrons.